The van der Waals surface area contributed by atoms with Gasteiger partial charge in [-0.25, -0.2) is 0 Å². The molecule has 1 heterocycles. The van der Waals surface area contributed by atoms with Crippen LogP contribution in [0.2, 0.25) is 0 Å². The Morgan fingerprint density at radius 1 is 1.71 bits per heavy atom. The zero-order chi connectivity index (χ0) is 10.4. The van der Waals surface area contributed by atoms with Crippen molar-refractivity contribution in [1.29, 1.82) is 0 Å². The SMILES string of the molecule is C#C/C(C)=C\C(O)Cc1ccccn1. The van der Waals surface area contributed by atoms with Crippen LogP contribution < -0.4 is 0 Å². The number of nitrogens with zero attached hydrogens (tertiary/aromatic N) is 1. The molecule has 0 radical (unpaired) electrons. The molecule has 14 heavy (non-hydrogen) atoms. The second-order valence-corrected chi connectivity index (χ2v) is 3.09. The number of allylic oxidation sites excluding steroid dienone is 1. The lowest BCUT2D eigenvalue weighted by atomic mass is 10.1. The molecule has 1 N–H and O–H groups in total. The van der Waals surface area contributed by atoms with Gasteiger partial charge in [0, 0.05) is 18.3 Å². The maximum absolute atomic E-state index is 9.59. The molecule has 0 aliphatic heterocycles. The van der Waals surface area contributed by atoms with Gasteiger partial charge in [-0.05, 0) is 30.7 Å². The van der Waals surface area contributed by atoms with Crippen LogP contribution >= 0.6 is 0 Å². The van der Waals surface area contributed by atoms with Crippen LogP contribution in [0.4, 0.5) is 0 Å². The normalized spacial score (nSPS) is 13.4. The predicted molar refractivity (Wildman–Crippen MR) is 56.5 cm³/mol. The standard InChI is InChI=1S/C12H13NO/c1-3-10(2)8-12(14)9-11-6-4-5-7-13-11/h1,4-8,12,14H,9H2,2H3/b10-8-. The number of hydrogen-bond donors (Lipinski definition) is 1. The minimum absolute atomic E-state index is 0.500. The maximum Gasteiger partial charge on any atom is 0.0788 e. The number of hydrogen-bond acceptors (Lipinski definition) is 2. The lowest BCUT2D eigenvalue weighted by Gasteiger charge is -2.04. The van der Waals surface area contributed by atoms with Crippen molar-refractivity contribution >= 4 is 0 Å². The van der Waals surface area contributed by atoms with E-state index in [9.17, 15) is 5.11 Å². The predicted octanol–water partition coefficient (Wildman–Crippen LogP) is 1.56. The largest absolute Gasteiger partial charge is 0.389 e. The third-order valence-electron chi connectivity index (χ3n) is 1.81. The van der Waals surface area contributed by atoms with E-state index in [1.54, 1.807) is 19.2 Å². The van der Waals surface area contributed by atoms with E-state index in [0.717, 1.165) is 11.3 Å². The highest BCUT2D eigenvalue weighted by atomic mass is 16.3. The lowest BCUT2D eigenvalue weighted by molar-refractivity contribution is 0.222. The van der Waals surface area contributed by atoms with E-state index >= 15 is 0 Å². The molecule has 0 spiro atoms. The molecular formula is C12H13NO. The Balaban J connectivity index is 2.59. The van der Waals surface area contributed by atoms with Gasteiger partial charge in [0.15, 0.2) is 0 Å². The summed E-state index contributed by atoms with van der Waals surface area (Å²) in [6.45, 7) is 1.79. The number of aliphatic hydroxyl groups excluding tert-OH is 1. The topological polar surface area (TPSA) is 33.1 Å². The molecule has 1 unspecified atom stereocenters. The van der Waals surface area contributed by atoms with Crippen molar-refractivity contribution in [3.63, 3.8) is 0 Å². The molecule has 1 aromatic heterocycles. The Morgan fingerprint density at radius 2 is 2.50 bits per heavy atom. The van der Waals surface area contributed by atoms with Gasteiger partial charge in [0.2, 0.25) is 0 Å². The summed E-state index contributed by atoms with van der Waals surface area (Å²) in [6.07, 6.45) is 8.48. The van der Waals surface area contributed by atoms with E-state index < -0.39 is 6.10 Å². The molecule has 1 rings (SSSR count). The van der Waals surface area contributed by atoms with Gasteiger partial charge < -0.3 is 5.11 Å². The van der Waals surface area contributed by atoms with Crippen LogP contribution in [0.3, 0.4) is 0 Å². The Bertz CT molecular complexity index is 348. The number of aliphatic hydroxyl groups is 1. The lowest BCUT2D eigenvalue weighted by Crippen LogP contribution is -2.08. The van der Waals surface area contributed by atoms with Gasteiger partial charge >= 0.3 is 0 Å². The molecule has 0 amide bonds. The first-order valence-corrected chi connectivity index (χ1v) is 4.45. The maximum atomic E-state index is 9.59. The van der Waals surface area contributed by atoms with Crippen LogP contribution in [-0.4, -0.2) is 16.2 Å². The van der Waals surface area contributed by atoms with Gasteiger partial charge in [-0.15, -0.1) is 6.42 Å². The van der Waals surface area contributed by atoms with Gasteiger partial charge in [0.25, 0.3) is 0 Å². The number of terminal acetylenes is 1. The van der Waals surface area contributed by atoms with E-state index in [1.807, 2.05) is 18.2 Å². The number of aromatic nitrogens is 1. The highest BCUT2D eigenvalue weighted by molar-refractivity contribution is 5.24. The molecule has 2 heteroatoms. The fraction of sp³-hybridized carbons (Fsp3) is 0.250. The molecule has 0 saturated heterocycles. The van der Waals surface area contributed by atoms with Gasteiger partial charge in [0.05, 0.1) is 6.10 Å². The van der Waals surface area contributed by atoms with Crippen LogP contribution in [0.25, 0.3) is 0 Å². The fourth-order valence-electron chi connectivity index (χ4n) is 1.13. The van der Waals surface area contributed by atoms with E-state index in [2.05, 4.69) is 10.9 Å². The Kier molecular flexibility index (Phi) is 3.90. The van der Waals surface area contributed by atoms with Gasteiger partial charge in [-0.3, -0.25) is 4.98 Å². The average molecular weight is 187 g/mol. The molecule has 0 fully saturated rings. The first-order chi connectivity index (χ1) is 6.72. The highest BCUT2D eigenvalue weighted by Crippen LogP contribution is 2.02. The van der Waals surface area contributed by atoms with Gasteiger partial charge in [-0.1, -0.05) is 12.0 Å². The number of rotatable bonds is 3. The molecule has 2 nitrogen and oxygen atoms in total. The number of pyridine rings is 1. The quantitative estimate of drug-likeness (QED) is 0.728. The van der Waals surface area contributed by atoms with E-state index in [4.69, 9.17) is 6.42 Å². The summed E-state index contributed by atoms with van der Waals surface area (Å²) in [6, 6.07) is 5.62. The van der Waals surface area contributed by atoms with Crippen molar-refractivity contribution in [2.45, 2.75) is 19.4 Å². The summed E-state index contributed by atoms with van der Waals surface area (Å²) < 4.78 is 0. The molecule has 1 atom stereocenters. The Hall–Kier alpha value is -1.59. The zero-order valence-corrected chi connectivity index (χ0v) is 8.14. The molecule has 0 aromatic carbocycles. The smallest absolute Gasteiger partial charge is 0.0788 e. The van der Waals surface area contributed by atoms with Crippen molar-refractivity contribution in [1.82, 2.24) is 4.98 Å². The monoisotopic (exact) mass is 187 g/mol. The summed E-state index contributed by atoms with van der Waals surface area (Å²) in [7, 11) is 0. The van der Waals surface area contributed by atoms with Gasteiger partial charge in [0.1, 0.15) is 0 Å². The summed E-state index contributed by atoms with van der Waals surface area (Å²) >= 11 is 0. The second-order valence-electron chi connectivity index (χ2n) is 3.09. The van der Waals surface area contributed by atoms with E-state index in [0.29, 0.717) is 6.42 Å². The molecule has 0 aliphatic carbocycles. The van der Waals surface area contributed by atoms with Crippen molar-refractivity contribution < 1.29 is 5.11 Å². The summed E-state index contributed by atoms with van der Waals surface area (Å²) in [4.78, 5) is 4.11. The van der Waals surface area contributed by atoms with Crippen LogP contribution in [-0.2, 0) is 6.42 Å². The molecule has 0 bridgehead atoms. The van der Waals surface area contributed by atoms with Crippen molar-refractivity contribution in [2.24, 2.45) is 0 Å². The first-order valence-electron chi connectivity index (χ1n) is 4.45. The molecule has 1 aromatic rings. The van der Waals surface area contributed by atoms with Crippen LogP contribution in [0.15, 0.2) is 36.0 Å². The second kappa shape index (κ2) is 5.21. The molecular weight excluding hydrogens is 174 g/mol. The fourth-order valence-corrected chi connectivity index (χ4v) is 1.13. The highest BCUT2D eigenvalue weighted by Gasteiger charge is 2.02. The Morgan fingerprint density at radius 3 is 3.07 bits per heavy atom. The van der Waals surface area contributed by atoms with Crippen LogP contribution in [0.1, 0.15) is 12.6 Å². The molecule has 72 valence electrons. The Labute approximate surface area is 84.3 Å². The van der Waals surface area contributed by atoms with Crippen molar-refractivity contribution in [2.75, 3.05) is 0 Å². The van der Waals surface area contributed by atoms with E-state index in [-0.39, 0.29) is 0 Å². The van der Waals surface area contributed by atoms with Gasteiger partial charge in [-0.2, -0.15) is 0 Å². The minimum atomic E-state index is -0.555. The van der Waals surface area contributed by atoms with Crippen LogP contribution in [0, 0.1) is 12.3 Å². The summed E-state index contributed by atoms with van der Waals surface area (Å²) in [5, 5.41) is 9.59. The summed E-state index contributed by atoms with van der Waals surface area (Å²) in [5.41, 5.74) is 1.61. The molecule has 0 saturated carbocycles. The zero-order valence-electron chi connectivity index (χ0n) is 8.14. The summed E-state index contributed by atoms with van der Waals surface area (Å²) in [5.74, 6) is 2.46. The molecule has 0 aliphatic rings. The first kappa shape index (κ1) is 10.5. The van der Waals surface area contributed by atoms with Crippen molar-refractivity contribution in [3.8, 4) is 12.3 Å². The third-order valence-corrected chi connectivity index (χ3v) is 1.81. The van der Waals surface area contributed by atoms with Crippen molar-refractivity contribution in [3.05, 3.63) is 41.7 Å². The van der Waals surface area contributed by atoms with Crippen LogP contribution in [0.5, 0.6) is 0 Å². The third kappa shape index (κ3) is 3.42. The average Bonchev–Trinajstić information content (AvgIpc) is 2.19. The minimum Gasteiger partial charge on any atom is -0.389 e. The van der Waals surface area contributed by atoms with E-state index in [1.165, 1.54) is 0 Å².